The molecule has 0 N–H and O–H groups in total. The van der Waals surface area contributed by atoms with Crippen molar-refractivity contribution < 1.29 is 19.1 Å². The van der Waals surface area contributed by atoms with Crippen molar-refractivity contribution in [3.8, 4) is 5.75 Å². The Morgan fingerprint density at radius 3 is 2.64 bits per heavy atom. The molecule has 1 amide bonds. The molecule has 116 valence electrons. The lowest BCUT2D eigenvalue weighted by Gasteiger charge is -2.12. The van der Waals surface area contributed by atoms with E-state index < -0.39 is 5.97 Å². The molecular formula is C15H15NO4S2. The lowest BCUT2D eigenvalue weighted by Crippen LogP contribution is -2.34. The van der Waals surface area contributed by atoms with E-state index in [1.54, 1.807) is 20.1 Å². The summed E-state index contributed by atoms with van der Waals surface area (Å²) in [5, 5.41) is 0. The summed E-state index contributed by atoms with van der Waals surface area (Å²) < 4.78 is 10.3. The Morgan fingerprint density at radius 1 is 1.36 bits per heavy atom. The predicted molar refractivity (Wildman–Crippen MR) is 89.5 cm³/mol. The van der Waals surface area contributed by atoms with Crippen LogP contribution in [0, 0.1) is 0 Å². The molecule has 0 radical (unpaired) electrons. The van der Waals surface area contributed by atoms with Crippen LogP contribution >= 0.6 is 24.0 Å². The zero-order chi connectivity index (χ0) is 16.1. The summed E-state index contributed by atoms with van der Waals surface area (Å²) in [7, 11) is 1.59. The number of hydrogen-bond acceptors (Lipinski definition) is 6. The molecule has 1 fully saturated rings. The third-order valence-corrected chi connectivity index (χ3v) is 4.26. The van der Waals surface area contributed by atoms with Gasteiger partial charge in [0.2, 0.25) is 0 Å². The lowest BCUT2D eigenvalue weighted by atomic mass is 10.2. The van der Waals surface area contributed by atoms with Gasteiger partial charge in [-0.05, 0) is 30.7 Å². The van der Waals surface area contributed by atoms with Crippen molar-refractivity contribution in [2.45, 2.75) is 6.92 Å². The number of carbonyl (C=O) groups excluding carboxylic acids is 2. The normalized spacial score (nSPS) is 16.3. The van der Waals surface area contributed by atoms with Gasteiger partial charge >= 0.3 is 5.97 Å². The van der Waals surface area contributed by atoms with Gasteiger partial charge in [0.05, 0.1) is 18.6 Å². The molecule has 2 rings (SSSR count). The Labute approximate surface area is 138 Å². The van der Waals surface area contributed by atoms with Gasteiger partial charge in [0.15, 0.2) is 0 Å². The van der Waals surface area contributed by atoms with Gasteiger partial charge in [-0.25, -0.2) is 0 Å². The van der Waals surface area contributed by atoms with E-state index >= 15 is 0 Å². The number of rotatable bonds is 5. The molecule has 5 nitrogen and oxygen atoms in total. The highest BCUT2D eigenvalue weighted by atomic mass is 32.2. The van der Waals surface area contributed by atoms with E-state index in [4.69, 9.17) is 21.7 Å². The van der Waals surface area contributed by atoms with E-state index in [1.165, 1.54) is 16.7 Å². The first-order valence-electron chi connectivity index (χ1n) is 6.60. The molecule has 0 aliphatic carbocycles. The van der Waals surface area contributed by atoms with Gasteiger partial charge in [0, 0.05) is 0 Å². The van der Waals surface area contributed by atoms with Crippen LogP contribution in [0.3, 0.4) is 0 Å². The molecule has 1 aliphatic heterocycles. The summed E-state index contributed by atoms with van der Waals surface area (Å²) in [5.74, 6) is -0.00428. The van der Waals surface area contributed by atoms with Gasteiger partial charge in [0.25, 0.3) is 5.91 Å². The van der Waals surface area contributed by atoms with E-state index in [2.05, 4.69) is 0 Å². The second-order valence-electron chi connectivity index (χ2n) is 4.35. The van der Waals surface area contributed by atoms with E-state index in [1.807, 2.05) is 24.3 Å². The van der Waals surface area contributed by atoms with Crippen LogP contribution in [0.25, 0.3) is 6.08 Å². The number of hydrogen-bond donors (Lipinski definition) is 0. The maximum Gasteiger partial charge on any atom is 0.326 e. The summed E-state index contributed by atoms with van der Waals surface area (Å²) >= 11 is 6.33. The minimum atomic E-state index is -0.468. The van der Waals surface area contributed by atoms with Gasteiger partial charge < -0.3 is 9.47 Å². The molecule has 1 aliphatic rings. The zero-order valence-electron chi connectivity index (χ0n) is 12.2. The van der Waals surface area contributed by atoms with Crippen molar-refractivity contribution in [2.75, 3.05) is 20.3 Å². The van der Waals surface area contributed by atoms with Crippen LogP contribution in [0.15, 0.2) is 29.2 Å². The highest BCUT2D eigenvalue weighted by molar-refractivity contribution is 8.26. The van der Waals surface area contributed by atoms with Crippen LogP contribution in [0.1, 0.15) is 12.5 Å². The summed E-state index contributed by atoms with van der Waals surface area (Å²) in [4.78, 5) is 25.6. The quantitative estimate of drug-likeness (QED) is 0.467. The molecule has 1 aromatic rings. The molecule has 0 saturated carbocycles. The molecule has 0 bridgehead atoms. The molecule has 0 aromatic heterocycles. The van der Waals surface area contributed by atoms with Gasteiger partial charge in [-0.3, -0.25) is 14.5 Å². The van der Waals surface area contributed by atoms with Crippen LogP contribution in [0.5, 0.6) is 5.75 Å². The van der Waals surface area contributed by atoms with E-state index in [0.717, 1.165) is 11.3 Å². The summed E-state index contributed by atoms with van der Waals surface area (Å²) in [6.45, 7) is 1.83. The van der Waals surface area contributed by atoms with Crippen molar-refractivity contribution in [3.63, 3.8) is 0 Å². The number of benzene rings is 1. The number of amides is 1. The Morgan fingerprint density at radius 2 is 2.05 bits per heavy atom. The Balaban J connectivity index is 2.12. The van der Waals surface area contributed by atoms with E-state index in [0.29, 0.717) is 9.23 Å². The monoisotopic (exact) mass is 337 g/mol. The van der Waals surface area contributed by atoms with Crippen LogP contribution in [-0.4, -0.2) is 41.4 Å². The van der Waals surface area contributed by atoms with Gasteiger partial charge in [-0.1, -0.05) is 36.1 Å². The standard InChI is InChI=1S/C15H15NO4S2/c1-3-20-13(17)9-16-14(18)12(22-15(16)21)8-10-4-6-11(19-2)7-5-10/h4-8H,3,9H2,1-2H3/b12-8+. The number of esters is 1. The van der Waals surface area contributed by atoms with Gasteiger partial charge in [0.1, 0.15) is 16.6 Å². The predicted octanol–water partition coefficient (Wildman–Crippen LogP) is 2.46. The van der Waals surface area contributed by atoms with Gasteiger partial charge in [-0.15, -0.1) is 0 Å². The summed E-state index contributed by atoms with van der Waals surface area (Å²) in [5.41, 5.74) is 0.859. The fourth-order valence-corrected chi connectivity index (χ4v) is 3.08. The summed E-state index contributed by atoms with van der Waals surface area (Å²) in [6.07, 6.45) is 1.74. The van der Waals surface area contributed by atoms with Crippen molar-refractivity contribution in [2.24, 2.45) is 0 Å². The topological polar surface area (TPSA) is 55.8 Å². The largest absolute Gasteiger partial charge is 0.497 e. The Bertz CT molecular complexity index is 625. The molecule has 22 heavy (non-hydrogen) atoms. The van der Waals surface area contributed by atoms with Crippen LogP contribution < -0.4 is 4.74 Å². The molecule has 0 spiro atoms. The van der Waals surface area contributed by atoms with E-state index in [-0.39, 0.29) is 19.1 Å². The number of thioether (sulfide) groups is 1. The summed E-state index contributed by atoms with van der Waals surface area (Å²) in [6, 6.07) is 7.31. The Kier molecular flexibility index (Phi) is 5.57. The molecular weight excluding hydrogens is 322 g/mol. The number of thiocarbonyl (C=S) groups is 1. The smallest absolute Gasteiger partial charge is 0.326 e. The first-order chi connectivity index (χ1) is 10.5. The molecule has 1 saturated heterocycles. The van der Waals surface area contributed by atoms with Crippen molar-refractivity contribution in [1.82, 2.24) is 4.90 Å². The third kappa shape index (κ3) is 3.86. The minimum absolute atomic E-state index is 0.154. The SMILES string of the molecule is CCOC(=O)CN1C(=O)/C(=C\c2ccc(OC)cc2)SC1=S. The number of methoxy groups -OCH3 is 1. The fourth-order valence-electron chi connectivity index (χ4n) is 1.82. The van der Waals surface area contributed by atoms with Gasteiger partial charge in [-0.2, -0.15) is 0 Å². The zero-order valence-corrected chi connectivity index (χ0v) is 13.8. The van der Waals surface area contributed by atoms with Crippen molar-refractivity contribution in [3.05, 3.63) is 34.7 Å². The first kappa shape index (κ1) is 16.5. The number of carbonyl (C=O) groups is 2. The maximum atomic E-state index is 12.3. The number of nitrogens with zero attached hydrogens (tertiary/aromatic N) is 1. The van der Waals surface area contributed by atoms with Crippen LogP contribution in [0.2, 0.25) is 0 Å². The Hall–Kier alpha value is -1.86. The molecule has 1 heterocycles. The van der Waals surface area contributed by atoms with Crippen LogP contribution in [0.4, 0.5) is 0 Å². The fraction of sp³-hybridized carbons (Fsp3) is 0.267. The minimum Gasteiger partial charge on any atom is -0.497 e. The molecule has 0 atom stereocenters. The molecule has 1 aromatic carbocycles. The van der Waals surface area contributed by atoms with Crippen LogP contribution in [-0.2, 0) is 14.3 Å². The average Bonchev–Trinajstić information content (AvgIpc) is 2.76. The second-order valence-corrected chi connectivity index (χ2v) is 6.02. The van der Waals surface area contributed by atoms with E-state index in [9.17, 15) is 9.59 Å². The molecule has 7 heteroatoms. The average molecular weight is 337 g/mol. The van der Waals surface area contributed by atoms with Crippen molar-refractivity contribution >= 4 is 46.3 Å². The second kappa shape index (κ2) is 7.42. The lowest BCUT2D eigenvalue weighted by molar-refractivity contribution is -0.145. The highest BCUT2D eigenvalue weighted by Gasteiger charge is 2.33. The van der Waals surface area contributed by atoms with Crippen molar-refractivity contribution in [1.29, 1.82) is 0 Å². The third-order valence-electron chi connectivity index (χ3n) is 2.88. The highest BCUT2D eigenvalue weighted by Crippen LogP contribution is 2.32. The number of ether oxygens (including phenoxy) is 2. The first-order valence-corrected chi connectivity index (χ1v) is 7.82. The molecule has 0 unspecified atom stereocenters. The maximum absolute atomic E-state index is 12.3.